The van der Waals surface area contributed by atoms with E-state index in [0.717, 1.165) is 51.6 Å². The Morgan fingerprint density at radius 1 is 0.967 bits per heavy atom. The van der Waals surface area contributed by atoms with Crippen LogP contribution in [0.4, 0.5) is 8.78 Å². The molecule has 170 valence electrons. The van der Waals surface area contributed by atoms with Crippen molar-refractivity contribution in [3.63, 3.8) is 0 Å². The molecule has 0 bridgehead atoms. The molecule has 1 heterocycles. The van der Waals surface area contributed by atoms with Gasteiger partial charge in [0, 0.05) is 6.61 Å². The Bertz CT molecular complexity index is 636. The van der Waals surface area contributed by atoms with Gasteiger partial charge >= 0.3 is 0 Å². The second-order valence-electron chi connectivity index (χ2n) is 8.98. The summed E-state index contributed by atoms with van der Waals surface area (Å²) in [5, 5.41) is 0. The van der Waals surface area contributed by atoms with E-state index in [4.69, 9.17) is 14.2 Å². The molecule has 1 aliphatic carbocycles. The third kappa shape index (κ3) is 6.40. The monoisotopic (exact) mass is 424 g/mol. The molecule has 3 rings (SSSR count). The van der Waals surface area contributed by atoms with Crippen LogP contribution in [-0.2, 0) is 9.47 Å². The van der Waals surface area contributed by atoms with Crippen LogP contribution < -0.4 is 4.74 Å². The van der Waals surface area contributed by atoms with E-state index in [1.54, 1.807) is 12.1 Å². The Hall–Kier alpha value is -1.20. The minimum Gasteiger partial charge on any atom is -0.490 e. The average molecular weight is 425 g/mol. The largest absolute Gasteiger partial charge is 0.490 e. The van der Waals surface area contributed by atoms with Gasteiger partial charge in [-0.05, 0) is 74.8 Å². The third-order valence-corrected chi connectivity index (χ3v) is 6.63. The highest BCUT2D eigenvalue weighted by Gasteiger charge is 2.28. The summed E-state index contributed by atoms with van der Waals surface area (Å²) in [5.74, 6) is -0.816. The van der Waals surface area contributed by atoms with E-state index < -0.39 is 11.6 Å². The van der Waals surface area contributed by atoms with E-state index in [2.05, 4.69) is 6.92 Å². The summed E-state index contributed by atoms with van der Waals surface area (Å²) < 4.78 is 46.5. The molecule has 1 saturated carbocycles. The summed E-state index contributed by atoms with van der Waals surface area (Å²) in [4.78, 5) is 0. The average Bonchev–Trinajstić information content (AvgIpc) is 2.77. The third-order valence-electron chi connectivity index (χ3n) is 6.63. The lowest BCUT2D eigenvalue weighted by Crippen LogP contribution is -2.32. The Morgan fingerprint density at radius 3 is 2.43 bits per heavy atom. The molecule has 1 aromatic carbocycles. The first kappa shape index (κ1) is 23.5. The summed E-state index contributed by atoms with van der Waals surface area (Å²) in [7, 11) is 0. The van der Waals surface area contributed by atoms with Gasteiger partial charge in [0.1, 0.15) is 0 Å². The maximum atomic E-state index is 14.6. The normalized spacial score (nSPS) is 27.2. The van der Waals surface area contributed by atoms with Crippen molar-refractivity contribution in [1.82, 2.24) is 0 Å². The molecule has 0 amide bonds. The molecule has 0 N–H and O–H groups in total. The van der Waals surface area contributed by atoms with Crippen LogP contribution in [0.3, 0.4) is 0 Å². The highest BCUT2D eigenvalue weighted by molar-refractivity contribution is 5.33. The number of rotatable bonds is 10. The molecule has 0 radical (unpaired) electrons. The zero-order valence-corrected chi connectivity index (χ0v) is 18.6. The highest BCUT2D eigenvalue weighted by atomic mass is 19.2. The van der Waals surface area contributed by atoms with E-state index in [1.807, 2.05) is 6.92 Å². The first-order chi connectivity index (χ1) is 14.6. The zero-order chi connectivity index (χ0) is 21.3. The van der Waals surface area contributed by atoms with E-state index in [1.165, 1.54) is 19.3 Å². The van der Waals surface area contributed by atoms with Crippen LogP contribution in [0.15, 0.2) is 12.1 Å². The first-order valence-corrected chi connectivity index (χ1v) is 12.0. The zero-order valence-electron chi connectivity index (χ0n) is 18.6. The molecule has 30 heavy (non-hydrogen) atoms. The van der Waals surface area contributed by atoms with Gasteiger partial charge < -0.3 is 14.2 Å². The van der Waals surface area contributed by atoms with Crippen LogP contribution in [0.5, 0.6) is 5.75 Å². The first-order valence-electron chi connectivity index (χ1n) is 12.0. The van der Waals surface area contributed by atoms with Crippen molar-refractivity contribution in [2.45, 2.75) is 96.2 Å². The fraction of sp³-hybridized carbons (Fsp3) is 0.760. The molecule has 1 aromatic rings. The predicted octanol–water partition coefficient (Wildman–Crippen LogP) is 6.78. The lowest BCUT2D eigenvalue weighted by atomic mass is 9.82. The molecule has 2 atom stereocenters. The van der Waals surface area contributed by atoms with Gasteiger partial charge in [-0.1, -0.05) is 32.8 Å². The number of hydrogen-bond acceptors (Lipinski definition) is 3. The second-order valence-corrected chi connectivity index (χ2v) is 8.98. The number of benzene rings is 1. The van der Waals surface area contributed by atoms with Crippen molar-refractivity contribution in [2.24, 2.45) is 5.92 Å². The number of halogens is 2. The van der Waals surface area contributed by atoms with Crippen LogP contribution in [0.1, 0.15) is 89.5 Å². The van der Waals surface area contributed by atoms with E-state index in [9.17, 15) is 8.78 Å². The highest BCUT2D eigenvalue weighted by Crippen LogP contribution is 2.37. The molecule has 0 aromatic heterocycles. The molecule has 1 saturated heterocycles. The van der Waals surface area contributed by atoms with Crippen molar-refractivity contribution in [3.8, 4) is 5.75 Å². The molecule has 2 aliphatic rings. The van der Waals surface area contributed by atoms with Crippen molar-refractivity contribution in [2.75, 3.05) is 19.8 Å². The van der Waals surface area contributed by atoms with Gasteiger partial charge in [0.2, 0.25) is 5.82 Å². The van der Waals surface area contributed by atoms with Crippen LogP contribution in [0, 0.1) is 17.6 Å². The fourth-order valence-electron chi connectivity index (χ4n) is 4.71. The van der Waals surface area contributed by atoms with Crippen molar-refractivity contribution in [3.05, 3.63) is 29.3 Å². The Labute approximate surface area is 180 Å². The Morgan fingerprint density at radius 2 is 1.77 bits per heavy atom. The van der Waals surface area contributed by atoms with Crippen molar-refractivity contribution >= 4 is 0 Å². The van der Waals surface area contributed by atoms with Gasteiger partial charge in [-0.25, -0.2) is 4.39 Å². The summed E-state index contributed by atoms with van der Waals surface area (Å²) >= 11 is 0. The van der Waals surface area contributed by atoms with Crippen LogP contribution in [0.25, 0.3) is 0 Å². The van der Waals surface area contributed by atoms with E-state index in [-0.39, 0.29) is 23.9 Å². The molecule has 2 fully saturated rings. The van der Waals surface area contributed by atoms with E-state index in [0.29, 0.717) is 24.7 Å². The van der Waals surface area contributed by atoms with Gasteiger partial charge in [-0.15, -0.1) is 0 Å². The SMILES string of the molecule is CCCCOc1ccc(C2CCC(OCC3CCC(CCC)CO3)CC2)c(F)c1F. The maximum Gasteiger partial charge on any atom is 0.200 e. The van der Waals surface area contributed by atoms with Gasteiger partial charge in [0.15, 0.2) is 11.6 Å². The van der Waals surface area contributed by atoms with Crippen LogP contribution >= 0.6 is 0 Å². The summed E-state index contributed by atoms with van der Waals surface area (Å²) in [6.45, 7) is 6.19. The topological polar surface area (TPSA) is 27.7 Å². The number of unbranched alkanes of at least 4 members (excludes halogenated alkanes) is 1. The van der Waals surface area contributed by atoms with Crippen molar-refractivity contribution in [1.29, 1.82) is 0 Å². The van der Waals surface area contributed by atoms with Gasteiger partial charge in [-0.2, -0.15) is 4.39 Å². The van der Waals surface area contributed by atoms with Gasteiger partial charge in [0.05, 0.1) is 25.4 Å². The predicted molar refractivity (Wildman–Crippen MR) is 115 cm³/mol. The Kier molecular flexibility index (Phi) is 9.38. The summed E-state index contributed by atoms with van der Waals surface area (Å²) in [6.07, 6.45) is 10.4. The molecule has 2 unspecified atom stereocenters. The van der Waals surface area contributed by atoms with Crippen LogP contribution in [0.2, 0.25) is 0 Å². The smallest absolute Gasteiger partial charge is 0.200 e. The van der Waals surface area contributed by atoms with Gasteiger partial charge in [-0.3, -0.25) is 0 Å². The lowest BCUT2D eigenvalue weighted by molar-refractivity contribution is -0.0857. The molecule has 0 spiro atoms. The molecule has 1 aliphatic heterocycles. The van der Waals surface area contributed by atoms with Crippen LogP contribution in [-0.4, -0.2) is 32.0 Å². The summed E-state index contributed by atoms with van der Waals surface area (Å²) in [5.41, 5.74) is 0.478. The maximum absolute atomic E-state index is 14.6. The van der Waals surface area contributed by atoms with E-state index >= 15 is 0 Å². The Balaban J connectivity index is 1.42. The van der Waals surface area contributed by atoms with Crippen molar-refractivity contribution < 1.29 is 23.0 Å². The van der Waals surface area contributed by atoms with Gasteiger partial charge in [0.25, 0.3) is 0 Å². The molecule has 5 heteroatoms. The number of ether oxygens (including phenoxy) is 3. The standard InChI is InChI=1S/C25H38F2O3/c1-3-5-15-28-23-14-13-22(24(26)25(23)27)19-8-11-20(12-9-19)30-17-21-10-7-18(6-4-2)16-29-21/h13-14,18-21H,3-12,15-17H2,1-2H3. The molecule has 3 nitrogen and oxygen atoms in total. The lowest BCUT2D eigenvalue weighted by Gasteiger charge is -2.32. The number of hydrogen-bond donors (Lipinski definition) is 0. The summed E-state index contributed by atoms with van der Waals surface area (Å²) in [6, 6.07) is 3.28. The molecular weight excluding hydrogens is 386 g/mol. The minimum absolute atomic E-state index is 0.0235. The second kappa shape index (κ2) is 12.0. The minimum atomic E-state index is -0.849. The quantitative estimate of drug-likeness (QED) is 0.387. The fourth-order valence-corrected chi connectivity index (χ4v) is 4.71. The molecular formula is C25H38F2O3.